The van der Waals surface area contributed by atoms with Gasteiger partial charge in [0.15, 0.2) is 5.78 Å². The third-order valence-electron chi connectivity index (χ3n) is 8.65. The lowest BCUT2D eigenvalue weighted by molar-refractivity contribution is -0.122. The Morgan fingerprint density at radius 2 is 1.69 bits per heavy atom. The second-order valence-corrected chi connectivity index (χ2v) is 10.9. The summed E-state index contributed by atoms with van der Waals surface area (Å²) in [5.74, 6) is -1.26. The number of ketones is 2. The van der Waals surface area contributed by atoms with Gasteiger partial charge in [-0.3, -0.25) is 19.4 Å². The van der Waals surface area contributed by atoms with Gasteiger partial charge in [-0.1, -0.05) is 55.5 Å². The van der Waals surface area contributed by atoms with Crippen molar-refractivity contribution in [2.75, 3.05) is 11.9 Å². The zero-order valence-electron chi connectivity index (χ0n) is 23.1. The smallest absolute Gasteiger partial charge is 0.238 e. The first kappa shape index (κ1) is 25.9. The van der Waals surface area contributed by atoms with Crippen molar-refractivity contribution in [2.24, 2.45) is 5.92 Å². The zero-order chi connectivity index (χ0) is 28.8. The van der Waals surface area contributed by atoms with Gasteiger partial charge in [-0.2, -0.15) is 0 Å². The fraction of sp³-hybridized carbons (Fsp3) is 0.200. The average Bonchev–Trinajstić information content (AvgIpc) is 3.52. The number of fused-ring (bicyclic) bond motifs is 6. The molecular weight excluding hydrogens is 526 g/mol. The Bertz CT molecular complexity index is 1730. The molecule has 4 aromatic rings. The maximum atomic E-state index is 14.8. The van der Waals surface area contributed by atoms with Crippen LogP contribution in [-0.4, -0.2) is 40.0 Å². The van der Waals surface area contributed by atoms with E-state index in [-0.39, 0.29) is 23.2 Å². The van der Waals surface area contributed by atoms with E-state index in [1.54, 1.807) is 48.7 Å². The number of hydrogen-bond donors (Lipinski definition) is 1. The molecule has 1 fully saturated rings. The van der Waals surface area contributed by atoms with E-state index in [2.05, 4.69) is 10.3 Å². The highest BCUT2D eigenvalue weighted by Gasteiger charge is 2.70. The third-order valence-corrected chi connectivity index (χ3v) is 8.65. The minimum atomic E-state index is -1.37. The van der Waals surface area contributed by atoms with E-state index in [0.29, 0.717) is 29.2 Å². The quantitative estimate of drug-likeness (QED) is 0.288. The largest absolute Gasteiger partial charge is 0.494 e. The van der Waals surface area contributed by atoms with Crippen LogP contribution in [0.25, 0.3) is 6.08 Å². The van der Waals surface area contributed by atoms with E-state index >= 15 is 0 Å². The zero-order valence-corrected chi connectivity index (χ0v) is 23.1. The maximum absolute atomic E-state index is 14.8. The molecule has 0 bridgehead atoms. The summed E-state index contributed by atoms with van der Waals surface area (Å²) in [6, 6.07) is 25.9. The molecule has 1 saturated heterocycles. The van der Waals surface area contributed by atoms with Gasteiger partial charge in [-0.25, -0.2) is 0 Å². The number of pyridine rings is 1. The van der Waals surface area contributed by atoms with Gasteiger partial charge >= 0.3 is 0 Å². The van der Waals surface area contributed by atoms with Crippen molar-refractivity contribution in [3.05, 3.63) is 131 Å². The third kappa shape index (κ3) is 3.73. The summed E-state index contributed by atoms with van der Waals surface area (Å²) in [6.07, 6.45) is 6.25. The predicted octanol–water partition coefficient (Wildman–Crippen LogP) is 5.85. The minimum Gasteiger partial charge on any atom is -0.494 e. The van der Waals surface area contributed by atoms with Gasteiger partial charge in [0.1, 0.15) is 22.9 Å². The highest BCUT2D eigenvalue weighted by Crippen LogP contribution is 2.62. The predicted molar refractivity (Wildman–Crippen MR) is 159 cm³/mol. The molecule has 7 heteroatoms. The molecule has 1 aromatic heterocycles. The van der Waals surface area contributed by atoms with Gasteiger partial charge in [0.05, 0.1) is 18.6 Å². The first-order valence-corrected chi connectivity index (χ1v) is 14.2. The number of carbonyl (C=O) groups is 3. The van der Waals surface area contributed by atoms with Crippen molar-refractivity contribution in [1.82, 2.24) is 9.88 Å². The lowest BCUT2D eigenvalue weighted by atomic mass is 9.62. The number of aromatic nitrogens is 1. The van der Waals surface area contributed by atoms with Crippen molar-refractivity contribution >= 4 is 29.2 Å². The fourth-order valence-corrected chi connectivity index (χ4v) is 6.94. The lowest BCUT2D eigenvalue weighted by Gasteiger charge is -2.38. The van der Waals surface area contributed by atoms with Crippen LogP contribution in [0.15, 0.2) is 103 Å². The van der Waals surface area contributed by atoms with Crippen molar-refractivity contribution in [1.29, 1.82) is 0 Å². The number of ether oxygens (including phenoxy) is 1. The SMILES string of the molecule is CCCOc1ccc(C(=O)[C@@H]2[C@H](C(=O)c3ccccn3)N3C=Cc4ccccc4[C@H]3[C@@]23C(=O)Nc2ccccc23)cc1. The Morgan fingerprint density at radius 3 is 2.48 bits per heavy atom. The summed E-state index contributed by atoms with van der Waals surface area (Å²) in [4.78, 5) is 50.1. The Hall–Kier alpha value is -5.04. The molecule has 1 amide bonds. The summed E-state index contributed by atoms with van der Waals surface area (Å²) in [5, 5.41) is 3.07. The van der Waals surface area contributed by atoms with Crippen molar-refractivity contribution < 1.29 is 19.1 Å². The molecule has 42 heavy (non-hydrogen) atoms. The van der Waals surface area contributed by atoms with Crippen molar-refractivity contribution in [3.63, 3.8) is 0 Å². The number of amides is 1. The van der Waals surface area contributed by atoms with Crippen LogP contribution in [0.5, 0.6) is 5.75 Å². The van der Waals surface area contributed by atoms with Crippen LogP contribution in [0, 0.1) is 5.92 Å². The summed E-state index contributed by atoms with van der Waals surface area (Å²) in [6.45, 7) is 2.60. The van der Waals surface area contributed by atoms with E-state index in [1.165, 1.54) is 0 Å². The van der Waals surface area contributed by atoms with Crippen LogP contribution in [0.4, 0.5) is 5.69 Å². The van der Waals surface area contributed by atoms with Crippen LogP contribution in [0.2, 0.25) is 0 Å². The highest BCUT2D eigenvalue weighted by atomic mass is 16.5. The van der Waals surface area contributed by atoms with Crippen molar-refractivity contribution in [3.8, 4) is 5.75 Å². The van der Waals surface area contributed by atoms with Gasteiger partial charge in [-0.05, 0) is 71.7 Å². The first-order valence-electron chi connectivity index (χ1n) is 14.2. The molecule has 4 atom stereocenters. The van der Waals surface area contributed by atoms with Crippen LogP contribution >= 0.6 is 0 Å². The molecular formula is C35H29N3O4. The molecule has 7 nitrogen and oxygen atoms in total. The van der Waals surface area contributed by atoms with Gasteiger partial charge in [0.2, 0.25) is 11.7 Å². The van der Waals surface area contributed by atoms with Crippen LogP contribution in [0.1, 0.15) is 56.9 Å². The normalized spacial score (nSPS) is 23.2. The van der Waals surface area contributed by atoms with Gasteiger partial charge in [-0.15, -0.1) is 0 Å². The van der Waals surface area contributed by atoms with E-state index in [1.807, 2.05) is 72.6 Å². The Balaban J connectivity index is 1.47. The molecule has 0 radical (unpaired) electrons. The number of carbonyl (C=O) groups excluding carboxylic acids is 3. The highest BCUT2D eigenvalue weighted by molar-refractivity contribution is 6.16. The number of nitrogens with one attached hydrogen (secondary N) is 1. The molecule has 1 spiro atoms. The minimum absolute atomic E-state index is 0.248. The topological polar surface area (TPSA) is 88.6 Å². The van der Waals surface area contributed by atoms with Gasteiger partial charge in [0.25, 0.3) is 0 Å². The second-order valence-electron chi connectivity index (χ2n) is 10.9. The molecule has 0 saturated carbocycles. The molecule has 208 valence electrons. The van der Waals surface area contributed by atoms with Crippen LogP contribution in [-0.2, 0) is 10.2 Å². The molecule has 4 heterocycles. The van der Waals surface area contributed by atoms with Crippen LogP contribution in [0.3, 0.4) is 0 Å². The Morgan fingerprint density at radius 1 is 0.929 bits per heavy atom. The van der Waals surface area contributed by atoms with Crippen LogP contribution < -0.4 is 10.1 Å². The molecule has 0 aliphatic carbocycles. The number of para-hydroxylation sites is 1. The summed E-state index contributed by atoms with van der Waals surface area (Å²) in [5.41, 5.74) is 2.50. The number of rotatable bonds is 7. The average molecular weight is 556 g/mol. The van der Waals surface area contributed by atoms with E-state index in [9.17, 15) is 14.4 Å². The molecule has 3 aromatic carbocycles. The molecule has 0 unspecified atom stereocenters. The number of benzene rings is 3. The summed E-state index contributed by atoms with van der Waals surface area (Å²) < 4.78 is 5.75. The van der Waals surface area contributed by atoms with E-state index in [4.69, 9.17) is 4.74 Å². The lowest BCUT2D eigenvalue weighted by Crippen LogP contribution is -2.49. The standard InChI is InChI=1S/C35H29N3O4/c1-2-21-42-24-16-14-23(15-17-24)31(39)29-30(32(40)28-13-7-8-19-36-28)38-20-18-22-9-3-4-10-25(22)33(38)35(29)26-11-5-6-12-27(26)37-34(35)41/h3-20,29-30,33H,2,21H2,1H3,(H,37,41)/t29-,30+,33-,35-/m0/s1. The number of nitrogens with zero attached hydrogens (tertiary/aromatic N) is 2. The Kier molecular flexibility index (Phi) is 6.23. The monoisotopic (exact) mass is 555 g/mol. The van der Waals surface area contributed by atoms with E-state index in [0.717, 1.165) is 17.5 Å². The summed E-state index contributed by atoms with van der Waals surface area (Å²) >= 11 is 0. The maximum Gasteiger partial charge on any atom is 0.238 e. The molecule has 3 aliphatic heterocycles. The Labute approximate surface area is 243 Å². The number of hydrogen-bond acceptors (Lipinski definition) is 6. The summed E-state index contributed by atoms with van der Waals surface area (Å²) in [7, 11) is 0. The first-order chi connectivity index (χ1) is 20.6. The molecule has 1 N–H and O–H groups in total. The molecule has 7 rings (SSSR count). The number of anilines is 1. The molecule has 3 aliphatic rings. The number of Topliss-reactive ketones (excluding diaryl/α,β-unsaturated/α-hetero) is 2. The van der Waals surface area contributed by atoms with Gasteiger partial charge < -0.3 is 15.0 Å². The van der Waals surface area contributed by atoms with Crippen molar-refractivity contribution in [2.45, 2.75) is 30.8 Å². The second kappa shape index (κ2) is 10.1. The van der Waals surface area contributed by atoms with E-state index < -0.39 is 23.4 Å². The van der Waals surface area contributed by atoms with Gasteiger partial charge in [0, 0.05) is 23.6 Å². The fourth-order valence-electron chi connectivity index (χ4n) is 6.94.